The monoisotopic (exact) mass is 547 g/mol. The molecule has 6 rings (SSSR count). The summed E-state index contributed by atoms with van der Waals surface area (Å²) < 4.78 is 35.2. The van der Waals surface area contributed by atoms with Crippen LogP contribution in [0.5, 0.6) is 0 Å². The predicted molar refractivity (Wildman–Crippen MR) is 151 cm³/mol. The van der Waals surface area contributed by atoms with E-state index in [0.717, 1.165) is 40.7 Å². The van der Waals surface area contributed by atoms with Crippen molar-refractivity contribution in [3.05, 3.63) is 83.4 Å². The molecule has 1 amide bonds. The maximum Gasteiger partial charge on any atom is 0.264 e. The Morgan fingerprint density at radius 1 is 1.13 bits per heavy atom. The lowest BCUT2D eigenvalue weighted by molar-refractivity contribution is 0.0917. The van der Waals surface area contributed by atoms with E-state index >= 15 is 0 Å². The highest BCUT2D eigenvalue weighted by Gasteiger charge is 2.31. The normalized spacial score (nSPS) is 17.2. The van der Waals surface area contributed by atoms with E-state index < -0.39 is 10.0 Å². The molecule has 4 aromatic rings. The number of aromatic nitrogens is 1. The first kappa shape index (κ1) is 25.0. The molecule has 7 nitrogen and oxygen atoms in total. The van der Waals surface area contributed by atoms with Crippen molar-refractivity contribution >= 4 is 48.3 Å². The number of para-hydroxylation sites is 1. The van der Waals surface area contributed by atoms with Gasteiger partial charge in [-0.1, -0.05) is 42.5 Å². The van der Waals surface area contributed by atoms with E-state index in [1.54, 1.807) is 17.0 Å². The SMILES string of the molecule is CCc1ccc2nc(N(CC3CCCO3)C(=O)c3ccc(S(=O)(=O)N4CCc5ccccc54)cc3)sc2c1. The van der Waals surface area contributed by atoms with Crippen LogP contribution in [0.25, 0.3) is 10.2 Å². The van der Waals surface area contributed by atoms with E-state index in [-0.39, 0.29) is 16.9 Å². The van der Waals surface area contributed by atoms with Gasteiger partial charge in [0, 0.05) is 18.7 Å². The molecule has 1 fully saturated rings. The van der Waals surface area contributed by atoms with Gasteiger partial charge >= 0.3 is 0 Å². The number of hydrogen-bond donors (Lipinski definition) is 0. The number of aryl methyl sites for hydroxylation is 1. The van der Waals surface area contributed by atoms with Crippen molar-refractivity contribution in [2.24, 2.45) is 0 Å². The number of anilines is 2. The Morgan fingerprint density at radius 3 is 2.71 bits per heavy atom. The molecule has 0 bridgehead atoms. The van der Waals surface area contributed by atoms with Gasteiger partial charge in [-0.3, -0.25) is 14.0 Å². The van der Waals surface area contributed by atoms with Crippen molar-refractivity contribution in [1.82, 2.24) is 4.98 Å². The summed E-state index contributed by atoms with van der Waals surface area (Å²) in [5.41, 5.74) is 4.24. The minimum Gasteiger partial charge on any atom is -0.376 e. The van der Waals surface area contributed by atoms with Crippen molar-refractivity contribution in [2.75, 3.05) is 28.9 Å². The Kier molecular flexibility index (Phi) is 6.67. The van der Waals surface area contributed by atoms with E-state index in [2.05, 4.69) is 19.1 Å². The molecule has 0 N–H and O–H groups in total. The summed E-state index contributed by atoms with van der Waals surface area (Å²) in [6.45, 7) is 3.63. The van der Waals surface area contributed by atoms with E-state index in [4.69, 9.17) is 9.72 Å². The van der Waals surface area contributed by atoms with E-state index in [0.29, 0.717) is 36.8 Å². The lowest BCUT2D eigenvalue weighted by Crippen LogP contribution is -2.37. The number of benzene rings is 3. The molecule has 0 saturated carbocycles. The first-order valence-electron chi connectivity index (χ1n) is 13.0. The smallest absolute Gasteiger partial charge is 0.264 e. The standard InChI is InChI=1S/C29H29N3O4S2/c1-2-20-9-14-25-27(18-20)37-29(30-25)31(19-23-7-5-17-36-23)28(33)22-10-12-24(13-11-22)38(34,35)32-16-15-21-6-3-4-8-26(21)32/h3-4,6,8-14,18,23H,2,5,7,15-17,19H2,1H3. The van der Waals surface area contributed by atoms with Crippen molar-refractivity contribution in [1.29, 1.82) is 0 Å². The highest BCUT2D eigenvalue weighted by Crippen LogP contribution is 2.34. The Bertz CT molecular complexity index is 1590. The molecule has 38 heavy (non-hydrogen) atoms. The number of sulfonamides is 1. The summed E-state index contributed by atoms with van der Waals surface area (Å²) in [7, 11) is -3.73. The van der Waals surface area contributed by atoms with Crippen molar-refractivity contribution < 1.29 is 17.9 Å². The van der Waals surface area contributed by atoms with Gasteiger partial charge in [-0.15, -0.1) is 0 Å². The lowest BCUT2D eigenvalue weighted by Gasteiger charge is -2.23. The van der Waals surface area contributed by atoms with E-state index in [1.165, 1.54) is 33.3 Å². The molecular weight excluding hydrogens is 518 g/mol. The first-order valence-corrected chi connectivity index (χ1v) is 15.2. The highest BCUT2D eigenvalue weighted by molar-refractivity contribution is 7.92. The van der Waals surface area contributed by atoms with Crippen LogP contribution in [0.15, 0.2) is 71.6 Å². The van der Waals surface area contributed by atoms with Gasteiger partial charge in [0.25, 0.3) is 15.9 Å². The third-order valence-electron chi connectivity index (χ3n) is 7.27. The van der Waals surface area contributed by atoms with Crippen LogP contribution < -0.4 is 9.21 Å². The Labute approximate surface area is 226 Å². The highest BCUT2D eigenvalue weighted by atomic mass is 32.2. The second-order valence-electron chi connectivity index (χ2n) is 9.68. The van der Waals surface area contributed by atoms with Crippen LogP contribution in [0.2, 0.25) is 0 Å². The second-order valence-corrected chi connectivity index (χ2v) is 12.6. The van der Waals surface area contributed by atoms with Gasteiger partial charge in [-0.05, 0) is 79.3 Å². The number of rotatable bonds is 7. The average molecular weight is 548 g/mol. The number of fused-ring (bicyclic) bond motifs is 2. The van der Waals surface area contributed by atoms with Gasteiger partial charge in [-0.2, -0.15) is 0 Å². The summed E-state index contributed by atoms with van der Waals surface area (Å²) in [5, 5.41) is 0.624. The number of carbonyl (C=O) groups excluding carboxylic acids is 1. The summed E-state index contributed by atoms with van der Waals surface area (Å²) in [5.74, 6) is -0.217. The molecule has 0 radical (unpaired) electrons. The summed E-state index contributed by atoms with van der Waals surface area (Å²) >= 11 is 1.49. The summed E-state index contributed by atoms with van der Waals surface area (Å²) in [6.07, 6.45) is 3.43. The topological polar surface area (TPSA) is 79.8 Å². The molecular formula is C29H29N3O4S2. The summed E-state index contributed by atoms with van der Waals surface area (Å²) in [4.78, 5) is 20.4. The molecule has 0 spiro atoms. The molecule has 0 aliphatic carbocycles. The molecule has 1 atom stereocenters. The van der Waals surface area contributed by atoms with Gasteiger partial charge in [-0.25, -0.2) is 13.4 Å². The molecule has 3 heterocycles. The van der Waals surface area contributed by atoms with E-state index in [9.17, 15) is 13.2 Å². The molecule has 196 valence electrons. The van der Waals surface area contributed by atoms with Gasteiger partial charge in [0.2, 0.25) is 0 Å². The third kappa shape index (κ3) is 4.59. The quantitative estimate of drug-likeness (QED) is 0.308. The largest absolute Gasteiger partial charge is 0.376 e. The third-order valence-corrected chi connectivity index (χ3v) is 10.1. The number of nitrogens with zero attached hydrogens (tertiary/aromatic N) is 3. The van der Waals surface area contributed by atoms with Crippen molar-refractivity contribution in [2.45, 2.75) is 43.6 Å². The van der Waals surface area contributed by atoms with Crippen LogP contribution >= 0.6 is 11.3 Å². The zero-order chi connectivity index (χ0) is 26.3. The summed E-state index contributed by atoms with van der Waals surface area (Å²) in [6, 6.07) is 20.0. The van der Waals surface area contributed by atoms with Crippen LogP contribution in [0.1, 0.15) is 41.3 Å². The molecule has 1 unspecified atom stereocenters. The minimum absolute atomic E-state index is 0.0490. The zero-order valence-electron chi connectivity index (χ0n) is 21.2. The fourth-order valence-electron chi connectivity index (χ4n) is 5.14. The number of carbonyl (C=O) groups is 1. The van der Waals surface area contributed by atoms with Crippen LogP contribution in [0, 0.1) is 0 Å². The second kappa shape index (κ2) is 10.1. The van der Waals surface area contributed by atoms with Gasteiger partial charge < -0.3 is 4.74 Å². The van der Waals surface area contributed by atoms with Crippen molar-refractivity contribution in [3.8, 4) is 0 Å². The minimum atomic E-state index is -3.73. The maximum absolute atomic E-state index is 13.8. The van der Waals surface area contributed by atoms with Crippen LogP contribution in [-0.2, 0) is 27.6 Å². The van der Waals surface area contributed by atoms with Crippen LogP contribution in [-0.4, -0.2) is 45.1 Å². The van der Waals surface area contributed by atoms with Crippen LogP contribution in [0.3, 0.4) is 0 Å². The average Bonchev–Trinajstić information content (AvgIpc) is 3.70. The van der Waals surface area contributed by atoms with Gasteiger partial charge in [0.15, 0.2) is 5.13 Å². The molecule has 1 aromatic heterocycles. The predicted octanol–water partition coefficient (Wildman–Crippen LogP) is 5.44. The van der Waals surface area contributed by atoms with Crippen LogP contribution in [0.4, 0.5) is 10.8 Å². The Morgan fingerprint density at radius 2 is 1.95 bits per heavy atom. The molecule has 1 saturated heterocycles. The molecule has 9 heteroatoms. The number of amides is 1. The van der Waals surface area contributed by atoms with Crippen molar-refractivity contribution in [3.63, 3.8) is 0 Å². The maximum atomic E-state index is 13.8. The zero-order valence-corrected chi connectivity index (χ0v) is 22.8. The Balaban J connectivity index is 1.30. The molecule has 2 aliphatic rings. The number of ether oxygens (including phenoxy) is 1. The fourth-order valence-corrected chi connectivity index (χ4v) is 7.68. The van der Waals surface area contributed by atoms with Gasteiger partial charge in [0.1, 0.15) is 0 Å². The molecule has 3 aromatic carbocycles. The van der Waals surface area contributed by atoms with E-state index in [1.807, 2.05) is 30.3 Å². The number of thiazole rings is 1. The van der Waals surface area contributed by atoms with Gasteiger partial charge in [0.05, 0.1) is 33.4 Å². The lowest BCUT2D eigenvalue weighted by atomic mass is 10.1. The molecule has 2 aliphatic heterocycles. The number of hydrogen-bond acceptors (Lipinski definition) is 6. The fraction of sp³-hybridized carbons (Fsp3) is 0.310. The first-order chi connectivity index (χ1) is 18.4. The Hall–Kier alpha value is -3.27.